The number of morpholine rings is 1. The Labute approximate surface area is 96.0 Å². The highest BCUT2D eigenvalue weighted by Gasteiger charge is 2.25. The molecule has 1 aromatic rings. The smallest absolute Gasteiger partial charge is 0.151 e. The molecule has 0 radical (unpaired) electrons. The summed E-state index contributed by atoms with van der Waals surface area (Å²) in [6.45, 7) is 4.76. The van der Waals surface area contributed by atoms with Crippen molar-refractivity contribution in [3.63, 3.8) is 0 Å². The summed E-state index contributed by atoms with van der Waals surface area (Å²) in [6, 6.07) is 9.85. The molecule has 3 heteroatoms. The molecule has 2 rings (SSSR count). The molecule has 1 atom stereocenters. The zero-order valence-corrected chi connectivity index (χ0v) is 9.56. The van der Waals surface area contributed by atoms with E-state index in [2.05, 4.69) is 4.90 Å². The Morgan fingerprint density at radius 2 is 1.88 bits per heavy atom. The van der Waals surface area contributed by atoms with Gasteiger partial charge in [-0.15, -0.1) is 0 Å². The molecule has 0 aromatic heterocycles. The van der Waals surface area contributed by atoms with Gasteiger partial charge in [-0.05, 0) is 12.5 Å². The Bertz CT molecular complexity index is 344. The maximum Gasteiger partial charge on any atom is 0.151 e. The SMILES string of the molecule is CC(=O)C(c1ccccc1)N1CCOCC1. The monoisotopic (exact) mass is 219 g/mol. The second-order valence-corrected chi connectivity index (χ2v) is 4.07. The third-order valence-electron chi connectivity index (χ3n) is 2.91. The van der Waals surface area contributed by atoms with Crippen LogP contribution in [0.1, 0.15) is 18.5 Å². The number of hydrogen-bond donors (Lipinski definition) is 0. The third-order valence-corrected chi connectivity index (χ3v) is 2.91. The molecule has 1 aromatic carbocycles. The van der Waals surface area contributed by atoms with E-state index in [-0.39, 0.29) is 11.8 Å². The van der Waals surface area contributed by atoms with E-state index in [4.69, 9.17) is 4.74 Å². The van der Waals surface area contributed by atoms with E-state index in [0.717, 1.165) is 31.9 Å². The lowest BCUT2D eigenvalue weighted by Crippen LogP contribution is -2.41. The van der Waals surface area contributed by atoms with E-state index < -0.39 is 0 Å². The van der Waals surface area contributed by atoms with Crippen LogP contribution in [0.15, 0.2) is 30.3 Å². The molecule has 0 bridgehead atoms. The van der Waals surface area contributed by atoms with Crippen LogP contribution in [0.4, 0.5) is 0 Å². The highest BCUT2D eigenvalue weighted by molar-refractivity contribution is 5.82. The summed E-state index contributed by atoms with van der Waals surface area (Å²) < 4.78 is 5.31. The number of benzene rings is 1. The van der Waals surface area contributed by atoms with Crippen LogP contribution in [0.3, 0.4) is 0 Å². The summed E-state index contributed by atoms with van der Waals surface area (Å²) in [5.41, 5.74) is 1.08. The van der Waals surface area contributed by atoms with Crippen molar-refractivity contribution in [1.82, 2.24) is 4.90 Å². The van der Waals surface area contributed by atoms with Gasteiger partial charge < -0.3 is 4.74 Å². The first kappa shape index (κ1) is 11.3. The van der Waals surface area contributed by atoms with Crippen LogP contribution in [0, 0.1) is 0 Å². The van der Waals surface area contributed by atoms with Gasteiger partial charge in [-0.25, -0.2) is 0 Å². The molecular weight excluding hydrogens is 202 g/mol. The molecule has 1 fully saturated rings. The van der Waals surface area contributed by atoms with Crippen LogP contribution in [-0.2, 0) is 9.53 Å². The van der Waals surface area contributed by atoms with Crippen molar-refractivity contribution in [2.45, 2.75) is 13.0 Å². The number of rotatable bonds is 3. The Morgan fingerprint density at radius 1 is 1.25 bits per heavy atom. The molecule has 0 N–H and O–H groups in total. The lowest BCUT2D eigenvalue weighted by Gasteiger charge is -2.33. The largest absolute Gasteiger partial charge is 0.379 e. The number of Topliss-reactive ketones (excluding diaryl/α,β-unsaturated/α-hetero) is 1. The second kappa shape index (κ2) is 5.23. The molecule has 86 valence electrons. The van der Waals surface area contributed by atoms with Gasteiger partial charge in [0.05, 0.1) is 19.3 Å². The summed E-state index contributed by atoms with van der Waals surface area (Å²) in [7, 11) is 0. The van der Waals surface area contributed by atoms with Gasteiger partial charge >= 0.3 is 0 Å². The van der Waals surface area contributed by atoms with Crippen molar-refractivity contribution in [2.24, 2.45) is 0 Å². The fourth-order valence-corrected chi connectivity index (χ4v) is 2.17. The minimum absolute atomic E-state index is 0.106. The minimum atomic E-state index is -0.106. The standard InChI is InChI=1S/C13H17NO2/c1-11(15)13(12-5-3-2-4-6-12)14-7-9-16-10-8-14/h2-6,13H,7-10H2,1H3. The van der Waals surface area contributed by atoms with Crippen LogP contribution < -0.4 is 0 Å². The maximum atomic E-state index is 11.8. The Balaban J connectivity index is 2.20. The molecule has 3 nitrogen and oxygen atoms in total. The van der Waals surface area contributed by atoms with Crippen LogP contribution in [0.25, 0.3) is 0 Å². The lowest BCUT2D eigenvalue weighted by atomic mass is 10.0. The first-order valence-electron chi connectivity index (χ1n) is 5.66. The lowest BCUT2D eigenvalue weighted by molar-refractivity contribution is -0.124. The number of ketones is 1. The summed E-state index contributed by atoms with van der Waals surface area (Å²) in [5.74, 6) is 0.202. The molecule has 1 aliphatic heterocycles. The highest BCUT2D eigenvalue weighted by Crippen LogP contribution is 2.22. The van der Waals surface area contributed by atoms with Gasteiger partial charge in [0, 0.05) is 13.1 Å². The normalized spacial score (nSPS) is 19.3. The van der Waals surface area contributed by atoms with Crippen LogP contribution >= 0.6 is 0 Å². The minimum Gasteiger partial charge on any atom is -0.379 e. The van der Waals surface area contributed by atoms with Crippen molar-refractivity contribution in [3.8, 4) is 0 Å². The Morgan fingerprint density at radius 3 is 2.44 bits per heavy atom. The van der Waals surface area contributed by atoms with Gasteiger partial charge in [0.15, 0.2) is 5.78 Å². The number of carbonyl (C=O) groups is 1. The molecular formula is C13H17NO2. The fraction of sp³-hybridized carbons (Fsp3) is 0.462. The topological polar surface area (TPSA) is 29.5 Å². The second-order valence-electron chi connectivity index (χ2n) is 4.07. The van der Waals surface area contributed by atoms with Crippen molar-refractivity contribution in [2.75, 3.05) is 26.3 Å². The van der Waals surface area contributed by atoms with Gasteiger partial charge in [-0.2, -0.15) is 0 Å². The highest BCUT2D eigenvalue weighted by atomic mass is 16.5. The van der Waals surface area contributed by atoms with Crippen molar-refractivity contribution >= 4 is 5.78 Å². The Kier molecular flexibility index (Phi) is 3.70. The fourth-order valence-electron chi connectivity index (χ4n) is 2.17. The van der Waals surface area contributed by atoms with Gasteiger partial charge in [0.25, 0.3) is 0 Å². The Hall–Kier alpha value is -1.19. The summed E-state index contributed by atoms with van der Waals surface area (Å²) in [6.07, 6.45) is 0. The quantitative estimate of drug-likeness (QED) is 0.774. The number of nitrogens with zero attached hydrogens (tertiary/aromatic N) is 1. The average Bonchev–Trinajstić information content (AvgIpc) is 2.31. The predicted octanol–water partition coefficient (Wildman–Crippen LogP) is 1.65. The van der Waals surface area contributed by atoms with Gasteiger partial charge in [-0.1, -0.05) is 30.3 Å². The molecule has 1 unspecified atom stereocenters. The van der Waals surface area contributed by atoms with Gasteiger partial charge in [0.1, 0.15) is 0 Å². The van der Waals surface area contributed by atoms with E-state index in [1.807, 2.05) is 30.3 Å². The van der Waals surface area contributed by atoms with Gasteiger partial charge in [0.2, 0.25) is 0 Å². The van der Waals surface area contributed by atoms with E-state index in [0.29, 0.717) is 0 Å². The number of ether oxygens (including phenoxy) is 1. The van der Waals surface area contributed by atoms with E-state index in [1.165, 1.54) is 0 Å². The number of hydrogen-bond acceptors (Lipinski definition) is 3. The molecule has 1 heterocycles. The van der Waals surface area contributed by atoms with Crippen molar-refractivity contribution < 1.29 is 9.53 Å². The third kappa shape index (κ3) is 2.49. The average molecular weight is 219 g/mol. The van der Waals surface area contributed by atoms with Crippen LogP contribution in [0.5, 0.6) is 0 Å². The molecule has 0 aliphatic carbocycles. The molecule has 1 saturated heterocycles. The first-order chi connectivity index (χ1) is 7.79. The summed E-state index contributed by atoms with van der Waals surface area (Å²) >= 11 is 0. The molecule has 16 heavy (non-hydrogen) atoms. The van der Waals surface area contributed by atoms with Crippen molar-refractivity contribution in [1.29, 1.82) is 0 Å². The maximum absolute atomic E-state index is 11.8. The first-order valence-corrected chi connectivity index (χ1v) is 5.66. The zero-order chi connectivity index (χ0) is 11.4. The summed E-state index contributed by atoms with van der Waals surface area (Å²) in [5, 5.41) is 0. The predicted molar refractivity (Wildman–Crippen MR) is 62.3 cm³/mol. The number of carbonyl (C=O) groups excluding carboxylic acids is 1. The molecule has 0 spiro atoms. The van der Waals surface area contributed by atoms with E-state index >= 15 is 0 Å². The molecule has 1 aliphatic rings. The zero-order valence-electron chi connectivity index (χ0n) is 9.56. The summed E-state index contributed by atoms with van der Waals surface area (Å²) in [4.78, 5) is 14.0. The van der Waals surface area contributed by atoms with E-state index in [1.54, 1.807) is 6.92 Å². The van der Waals surface area contributed by atoms with Crippen LogP contribution in [-0.4, -0.2) is 37.0 Å². The van der Waals surface area contributed by atoms with E-state index in [9.17, 15) is 4.79 Å². The van der Waals surface area contributed by atoms with Crippen LogP contribution in [0.2, 0.25) is 0 Å². The molecule has 0 saturated carbocycles. The van der Waals surface area contributed by atoms with Gasteiger partial charge in [-0.3, -0.25) is 9.69 Å². The van der Waals surface area contributed by atoms with Crippen molar-refractivity contribution in [3.05, 3.63) is 35.9 Å². The molecule has 0 amide bonds.